The molecule has 10 nitrogen and oxygen atoms in total. The largest absolute Gasteiger partial charge is 0.506 e. The van der Waals surface area contributed by atoms with Crippen LogP contribution >= 0.6 is 0 Å². The third-order valence-corrected chi connectivity index (χ3v) is 8.04. The molecule has 0 aliphatic carbocycles. The summed E-state index contributed by atoms with van der Waals surface area (Å²) in [6.45, 7) is 3.77. The van der Waals surface area contributed by atoms with Crippen LogP contribution in [0.25, 0.3) is 16.6 Å². The number of pyridine rings is 1. The molecule has 5 heterocycles. The van der Waals surface area contributed by atoms with Crippen molar-refractivity contribution in [1.82, 2.24) is 19.4 Å². The van der Waals surface area contributed by atoms with Crippen molar-refractivity contribution in [3.63, 3.8) is 0 Å². The van der Waals surface area contributed by atoms with Crippen LogP contribution in [-0.2, 0) is 14.6 Å². The van der Waals surface area contributed by atoms with Gasteiger partial charge in [-0.05, 0) is 43.5 Å². The summed E-state index contributed by atoms with van der Waals surface area (Å²) in [5, 5.41) is 20.7. The summed E-state index contributed by atoms with van der Waals surface area (Å²) in [5.41, 5.74) is 3.60. The lowest BCUT2D eigenvalue weighted by Crippen LogP contribution is -2.46. The lowest BCUT2D eigenvalue weighted by molar-refractivity contribution is -0.0370. The Morgan fingerprint density at radius 3 is 2.49 bits per heavy atom. The van der Waals surface area contributed by atoms with Crippen molar-refractivity contribution < 1.29 is 18.3 Å². The van der Waals surface area contributed by atoms with Gasteiger partial charge in [-0.3, -0.25) is 0 Å². The number of nitrogens with zero attached hydrogens (tertiary/aromatic N) is 6. The second-order valence-electron chi connectivity index (χ2n) is 9.26. The van der Waals surface area contributed by atoms with Crippen LogP contribution in [0.3, 0.4) is 0 Å². The molecule has 2 saturated heterocycles. The Labute approximate surface area is 203 Å². The Balaban J connectivity index is 1.28. The minimum atomic E-state index is -3.21. The van der Waals surface area contributed by atoms with E-state index in [4.69, 9.17) is 9.84 Å². The summed E-state index contributed by atoms with van der Waals surface area (Å²) in [4.78, 5) is 4.82. The van der Waals surface area contributed by atoms with Crippen LogP contribution in [0, 0.1) is 0 Å². The summed E-state index contributed by atoms with van der Waals surface area (Å²) in [6, 6.07) is 8.84. The number of hydrogen-bond donors (Lipinski definition) is 1. The third-order valence-electron chi connectivity index (χ3n) is 6.92. The second kappa shape index (κ2) is 8.42. The first-order valence-corrected chi connectivity index (χ1v) is 13.8. The molecule has 35 heavy (non-hydrogen) atoms. The van der Waals surface area contributed by atoms with Gasteiger partial charge in [-0.25, -0.2) is 17.6 Å². The number of benzene rings is 1. The standard InChI is InChI=1S/C24H28N6O4S/c1-35(32,33)19-7-5-17(6-8-19)27-9-11-28(12-10-27)21-14-18(31)16-29-23(21)20-15-25-30(24(20)26-29)22-4-2-3-13-34-22/h5-8,14-16,22,31H,2-4,9-13H2,1H3. The van der Waals surface area contributed by atoms with E-state index in [-0.39, 0.29) is 12.0 Å². The highest BCUT2D eigenvalue weighted by Crippen LogP contribution is 2.35. The van der Waals surface area contributed by atoms with Crippen molar-refractivity contribution >= 4 is 37.8 Å². The summed E-state index contributed by atoms with van der Waals surface area (Å²) >= 11 is 0. The first kappa shape index (κ1) is 22.2. The van der Waals surface area contributed by atoms with Gasteiger partial charge in [0.25, 0.3) is 0 Å². The summed E-state index contributed by atoms with van der Waals surface area (Å²) in [7, 11) is -3.21. The Kier molecular flexibility index (Phi) is 5.33. The molecule has 0 spiro atoms. The zero-order valence-corrected chi connectivity index (χ0v) is 20.4. The first-order chi connectivity index (χ1) is 16.9. The van der Waals surface area contributed by atoms with Crippen molar-refractivity contribution in [2.24, 2.45) is 0 Å². The molecular weight excluding hydrogens is 468 g/mol. The predicted molar refractivity (Wildman–Crippen MR) is 133 cm³/mol. The predicted octanol–water partition coefficient (Wildman–Crippen LogP) is 2.82. The number of aromatic hydroxyl groups is 1. The lowest BCUT2D eigenvalue weighted by Gasteiger charge is -2.37. The van der Waals surface area contributed by atoms with Gasteiger partial charge >= 0.3 is 0 Å². The maximum absolute atomic E-state index is 11.8. The highest BCUT2D eigenvalue weighted by atomic mass is 32.2. The van der Waals surface area contributed by atoms with Crippen molar-refractivity contribution in [2.75, 3.05) is 48.8 Å². The first-order valence-electron chi connectivity index (χ1n) is 11.9. The highest BCUT2D eigenvalue weighted by Gasteiger charge is 2.25. The van der Waals surface area contributed by atoms with Gasteiger partial charge in [0, 0.05) is 50.8 Å². The molecule has 2 aliphatic heterocycles. The van der Waals surface area contributed by atoms with Gasteiger partial charge in [0.2, 0.25) is 0 Å². The van der Waals surface area contributed by atoms with Crippen LogP contribution in [0.5, 0.6) is 5.75 Å². The van der Waals surface area contributed by atoms with E-state index in [2.05, 4.69) is 14.9 Å². The van der Waals surface area contributed by atoms with E-state index in [1.54, 1.807) is 28.9 Å². The maximum Gasteiger partial charge on any atom is 0.183 e. The molecule has 4 aromatic rings. The molecule has 0 bridgehead atoms. The van der Waals surface area contributed by atoms with Crippen LogP contribution in [0.1, 0.15) is 25.5 Å². The van der Waals surface area contributed by atoms with Gasteiger partial charge in [-0.15, -0.1) is 5.10 Å². The van der Waals surface area contributed by atoms with Crippen molar-refractivity contribution in [1.29, 1.82) is 0 Å². The molecule has 11 heteroatoms. The zero-order chi connectivity index (χ0) is 24.2. The van der Waals surface area contributed by atoms with Crippen LogP contribution in [-0.4, -0.2) is 72.0 Å². The van der Waals surface area contributed by atoms with Crippen LogP contribution in [0.2, 0.25) is 0 Å². The number of piperazine rings is 1. The van der Waals surface area contributed by atoms with Crippen LogP contribution in [0.15, 0.2) is 47.6 Å². The van der Waals surface area contributed by atoms with E-state index < -0.39 is 9.84 Å². The Morgan fingerprint density at radius 2 is 1.80 bits per heavy atom. The molecule has 1 atom stereocenters. The van der Waals surface area contributed by atoms with E-state index in [0.717, 1.165) is 80.0 Å². The molecule has 184 valence electrons. The zero-order valence-electron chi connectivity index (χ0n) is 19.5. The fourth-order valence-electron chi connectivity index (χ4n) is 5.10. The molecule has 0 amide bonds. The topological polar surface area (TPSA) is 105 Å². The Morgan fingerprint density at radius 1 is 1.06 bits per heavy atom. The number of sulfone groups is 1. The molecule has 1 aromatic carbocycles. The molecule has 1 unspecified atom stereocenters. The molecule has 2 aliphatic rings. The normalized spacial score (nSPS) is 19.6. The fraction of sp³-hybridized carbons (Fsp3) is 0.417. The summed E-state index contributed by atoms with van der Waals surface area (Å²) in [6.07, 6.45) is 7.66. The molecule has 6 rings (SSSR count). The fourth-order valence-corrected chi connectivity index (χ4v) is 5.73. The van der Waals surface area contributed by atoms with Gasteiger partial charge in [-0.2, -0.15) is 5.10 Å². The van der Waals surface area contributed by atoms with E-state index in [0.29, 0.717) is 4.90 Å². The van der Waals surface area contributed by atoms with Gasteiger partial charge in [0.15, 0.2) is 21.7 Å². The summed E-state index contributed by atoms with van der Waals surface area (Å²) < 4.78 is 33.0. The van der Waals surface area contributed by atoms with Crippen molar-refractivity contribution in [2.45, 2.75) is 30.4 Å². The molecule has 0 saturated carbocycles. The average molecular weight is 497 g/mol. The van der Waals surface area contributed by atoms with E-state index in [1.807, 2.05) is 23.0 Å². The number of hydrogen-bond acceptors (Lipinski definition) is 8. The molecular formula is C24H28N6O4S. The van der Waals surface area contributed by atoms with Gasteiger partial charge in [0.05, 0.1) is 28.4 Å². The SMILES string of the molecule is CS(=O)(=O)c1ccc(N2CCN(c3cc(O)cn4nc5c(cnn5C5CCCCO5)c34)CC2)cc1. The second-order valence-corrected chi connectivity index (χ2v) is 11.3. The van der Waals surface area contributed by atoms with Gasteiger partial charge in [-0.1, -0.05) is 0 Å². The third kappa shape index (κ3) is 3.98. The van der Waals surface area contributed by atoms with Crippen molar-refractivity contribution in [3.8, 4) is 5.75 Å². The Bertz CT molecular complexity index is 1480. The summed E-state index contributed by atoms with van der Waals surface area (Å²) in [5.74, 6) is 0.157. The van der Waals surface area contributed by atoms with Crippen LogP contribution in [0.4, 0.5) is 11.4 Å². The number of ether oxygens (including phenoxy) is 1. The highest BCUT2D eigenvalue weighted by molar-refractivity contribution is 7.90. The van der Waals surface area contributed by atoms with Gasteiger partial charge < -0.3 is 19.6 Å². The quantitative estimate of drug-likeness (QED) is 0.460. The monoisotopic (exact) mass is 496 g/mol. The molecule has 2 fully saturated rings. The Hall–Kier alpha value is -3.31. The number of fused-ring (bicyclic) bond motifs is 3. The minimum Gasteiger partial charge on any atom is -0.506 e. The van der Waals surface area contributed by atoms with Crippen LogP contribution < -0.4 is 9.80 Å². The van der Waals surface area contributed by atoms with E-state index in [9.17, 15) is 13.5 Å². The smallest absolute Gasteiger partial charge is 0.183 e. The van der Waals surface area contributed by atoms with E-state index >= 15 is 0 Å². The number of rotatable bonds is 4. The molecule has 0 radical (unpaired) electrons. The number of anilines is 2. The van der Waals surface area contributed by atoms with Gasteiger partial charge in [0.1, 0.15) is 11.3 Å². The average Bonchev–Trinajstić information content (AvgIpc) is 3.43. The molecule has 3 aromatic heterocycles. The maximum atomic E-state index is 11.8. The molecule has 1 N–H and O–H groups in total. The van der Waals surface area contributed by atoms with E-state index in [1.165, 1.54) is 6.26 Å². The number of aromatic nitrogens is 4. The minimum absolute atomic E-state index is 0.110. The van der Waals surface area contributed by atoms with Crippen molar-refractivity contribution in [3.05, 3.63) is 42.7 Å². The lowest BCUT2D eigenvalue weighted by atomic mass is 10.2.